The molecule has 22 heteroatoms. The predicted octanol–water partition coefficient (Wildman–Crippen LogP) is 3.52. The van der Waals surface area contributed by atoms with Gasteiger partial charge in [-0.3, -0.25) is 89.3 Å². The maximum Gasteiger partial charge on any atom is 0.270 e. The molecule has 10 aliphatic heterocycles. The van der Waals surface area contributed by atoms with Crippen molar-refractivity contribution < 1.29 is 46.7 Å². The first-order valence-electron chi connectivity index (χ1n) is 36.4. The summed E-state index contributed by atoms with van der Waals surface area (Å²) in [5.74, 6) is 7.18. The standard InChI is InChI=1S/C64H110N16O3S.2Cu/c81-84(82,46-30-14-28-44-48(46)64-78-60-42-26-12-10-24-40(42)56(74-60)70-52-34-18-4-2-16-32(34)50(66-52)68-54-36-20-6-8-22-38(36)58(72-54)76-62(44)80-64)83-45-29-13-27-43-47(45)63-77-59-41-25-11-9-23-39(41)55(73-59)69-51-33-17-3-1-15-31(33)49(65-51)67-53-35-19-5-7-21-37(35)57(71-53)75-61(43)79-63;;/h31-80H,1-30H2;;. The largest absolute Gasteiger partial charge is 0.286 e. The summed E-state index contributed by atoms with van der Waals surface area (Å²) in [5, 5.41) is 68.0. The molecule has 34 unspecified atom stereocenters. The normalized spacial score (nSPS) is 56.3. The van der Waals surface area contributed by atoms with Gasteiger partial charge in [-0.2, -0.15) is 8.42 Å². The van der Waals surface area contributed by atoms with E-state index in [0.717, 1.165) is 32.1 Å². The Morgan fingerprint density at radius 3 is 0.651 bits per heavy atom. The summed E-state index contributed by atoms with van der Waals surface area (Å²) in [4.78, 5) is 0. The van der Waals surface area contributed by atoms with E-state index >= 15 is 8.42 Å². The first-order chi connectivity index (χ1) is 41.3. The molecule has 8 aliphatic carbocycles. The number of rotatable bonds is 3. The average molecular weight is 1310 g/mol. The minimum Gasteiger partial charge on any atom is -0.286 e. The van der Waals surface area contributed by atoms with Crippen LogP contribution in [0.4, 0.5) is 0 Å². The summed E-state index contributed by atoms with van der Waals surface area (Å²) < 4.78 is 39.4. The Bertz CT molecular complexity index is 2480. The molecule has 10 saturated heterocycles. The Hall–Kier alpha value is 0.309. The van der Waals surface area contributed by atoms with Crippen LogP contribution in [0.5, 0.6) is 0 Å². The van der Waals surface area contributed by atoms with Crippen LogP contribution in [0.25, 0.3) is 0 Å². The topological polar surface area (TPSA) is 236 Å². The zero-order chi connectivity index (χ0) is 55.4. The predicted molar refractivity (Wildman–Crippen MR) is 323 cm³/mol. The Kier molecular flexibility index (Phi) is 17.9. The molecule has 19 nitrogen and oxygen atoms in total. The molecule has 18 fully saturated rings. The van der Waals surface area contributed by atoms with Gasteiger partial charge in [0, 0.05) is 46.0 Å². The zero-order valence-electron chi connectivity index (χ0n) is 51.1. The van der Waals surface area contributed by atoms with E-state index in [1.807, 2.05) is 0 Å². The fourth-order valence-corrected chi connectivity index (χ4v) is 26.6. The van der Waals surface area contributed by atoms with Crippen molar-refractivity contribution in [3.8, 4) is 0 Å². The Balaban J connectivity index is 0.00000300. The SMILES string of the molecule is O=S(=O)(OC1CCCC2C3NC4NC(NC5NC(NC6NC(NC(N3)C12)C1CCCCC61)C1CCCCC51)C1CCCCC41)C1CCCC2C3NC4NC(NC5NC(NC6NC(NC(N3)C21)C1CCCCC61)C1CCCCC51)C1CCCCC41.[Cu].[Cu]. The van der Waals surface area contributed by atoms with E-state index in [1.54, 1.807) is 0 Å². The summed E-state index contributed by atoms with van der Waals surface area (Å²) >= 11 is 0. The number of hydrogen-bond donors (Lipinski definition) is 16. The van der Waals surface area contributed by atoms with E-state index in [9.17, 15) is 0 Å². The van der Waals surface area contributed by atoms with Crippen molar-refractivity contribution in [1.29, 1.82) is 0 Å². The van der Waals surface area contributed by atoms with Gasteiger partial charge >= 0.3 is 0 Å². The van der Waals surface area contributed by atoms with Crippen molar-refractivity contribution in [1.82, 2.24) is 85.1 Å². The second-order valence-corrected chi connectivity index (χ2v) is 33.8. The van der Waals surface area contributed by atoms with Gasteiger partial charge in [-0.1, -0.05) is 89.9 Å². The molecule has 0 aromatic carbocycles. The molecule has 0 spiro atoms. The van der Waals surface area contributed by atoms with Crippen LogP contribution in [-0.4, -0.2) is 118 Å². The molecule has 2 radical (unpaired) electrons. The molecule has 10 heterocycles. The van der Waals surface area contributed by atoms with E-state index in [0.29, 0.717) is 89.8 Å². The van der Waals surface area contributed by atoms with E-state index in [1.165, 1.54) is 154 Å². The van der Waals surface area contributed by atoms with Crippen LogP contribution < -0.4 is 85.1 Å². The third-order valence-corrected chi connectivity index (χ3v) is 30.1. The smallest absolute Gasteiger partial charge is 0.270 e. The molecule has 16 N–H and O–H groups in total. The van der Waals surface area contributed by atoms with Crippen LogP contribution in [0.2, 0.25) is 0 Å². The van der Waals surface area contributed by atoms with Crippen LogP contribution in [0.15, 0.2) is 0 Å². The maximum atomic E-state index is 16.1. The molecule has 492 valence electrons. The number of nitrogens with one attached hydrogen (secondary N) is 16. The van der Waals surface area contributed by atoms with Gasteiger partial charge in [-0.05, 0) is 186 Å². The number of hydrogen-bond acceptors (Lipinski definition) is 19. The van der Waals surface area contributed by atoms with Crippen LogP contribution in [-0.2, 0) is 48.4 Å². The quantitative estimate of drug-likeness (QED) is 0.143. The summed E-state index contributed by atoms with van der Waals surface area (Å²) in [6, 6.07) is 0. The van der Waals surface area contributed by atoms with Gasteiger partial charge < -0.3 is 0 Å². The molecule has 18 aliphatic rings. The van der Waals surface area contributed by atoms with Crippen molar-refractivity contribution in [2.24, 2.45) is 94.7 Å². The summed E-state index contributed by atoms with van der Waals surface area (Å²) in [5.41, 5.74) is 0. The van der Waals surface area contributed by atoms with Crippen molar-refractivity contribution in [3.63, 3.8) is 0 Å². The average Bonchev–Trinajstić information content (AvgIpc) is 2.60. The summed E-state index contributed by atoms with van der Waals surface area (Å²) in [7, 11) is -4.04. The second kappa shape index (κ2) is 25.1. The van der Waals surface area contributed by atoms with Gasteiger partial charge in [0.15, 0.2) is 0 Å². The molecule has 16 bridgehead atoms. The third kappa shape index (κ3) is 10.7. The summed E-state index contributed by atoms with van der Waals surface area (Å²) in [6.07, 6.45) is 38.2. The molecule has 0 aromatic heterocycles. The molecule has 86 heavy (non-hydrogen) atoms. The monoisotopic (exact) mass is 1310 g/mol. The maximum absolute atomic E-state index is 16.1. The van der Waals surface area contributed by atoms with E-state index in [4.69, 9.17) is 4.18 Å². The van der Waals surface area contributed by atoms with Crippen LogP contribution in [0.3, 0.4) is 0 Å². The first-order valence-corrected chi connectivity index (χ1v) is 37.9. The van der Waals surface area contributed by atoms with Crippen LogP contribution in [0, 0.1) is 94.7 Å². The minimum atomic E-state index is -4.04. The molecular weight excluding hydrogens is 1200 g/mol. The van der Waals surface area contributed by atoms with Gasteiger partial charge in [0.1, 0.15) is 0 Å². The van der Waals surface area contributed by atoms with Crippen molar-refractivity contribution in [2.75, 3.05) is 0 Å². The first kappa shape index (κ1) is 61.2. The van der Waals surface area contributed by atoms with E-state index in [2.05, 4.69) is 85.1 Å². The zero-order valence-corrected chi connectivity index (χ0v) is 53.8. The van der Waals surface area contributed by atoms with Gasteiger partial charge in [0.25, 0.3) is 10.1 Å². The molecule has 18 rings (SSSR count). The van der Waals surface area contributed by atoms with Crippen molar-refractivity contribution >= 4 is 10.1 Å². The van der Waals surface area contributed by atoms with Gasteiger partial charge in [-0.15, -0.1) is 0 Å². The Morgan fingerprint density at radius 2 is 0.395 bits per heavy atom. The minimum absolute atomic E-state index is 0. The molecule has 0 amide bonds. The van der Waals surface area contributed by atoms with Gasteiger partial charge in [0.2, 0.25) is 0 Å². The van der Waals surface area contributed by atoms with E-state index in [-0.39, 0.29) is 144 Å². The third-order valence-electron chi connectivity index (χ3n) is 28.3. The Morgan fingerprint density at radius 1 is 0.209 bits per heavy atom. The fraction of sp³-hybridized carbons (Fsp3) is 1.00. The van der Waals surface area contributed by atoms with Crippen LogP contribution in [0.1, 0.15) is 193 Å². The summed E-state index contributed by atoms with van der Waals surface area (Å²) in [6.45, 7) is 0. The van der Waals surface area contributed by atoms with Gasteiger partial charge in [-0.25, -0.2) is 0 Å². The molecule has 34 atom stereocenters. The molecule has 0 aromatic rings. The van der Waals surface area contributed by atoms with Crippen LogP contribution >= 0.6 is 0 Å². The van der Waals surface area contributed by atoms with E-state index < -0.39 is 21.5 Å². The van der Waals surface area contributed by atoms with Crippen molar-refractivity contribution in [2.45, 2.75) is 303 Å². The fourth-order valence-electron chi connectivity index (χ4n) is 24.7. The Labute approximate surface area is 536 Å². The second-order valence-electron chi connectivity index (χ2n) is 32.0. The number of fused-ring (bicyclic) bond motifs is 40. The molecular formula is C64H110Cu2N16O3S. The van der Waals surface area contributed by atoms with Crippen molar-refractivity contribution in [3.05, 3.63) is 0 Å². The molecule has 8 saturated carbocycles. The van der Waals surface area contributed by atoms with Gasteiger partial charge in [0.05, 0.1) is 110 Å².